The van der Waals surface area contributed by atoms with Gasteiger partial charge < -0.3 is 4.74 Å². The minimum absolute atomic E-state index is 0.358. The predicted octanol–water partition coefficient (Wildman–Crippen LogP) is 2.29. The van der Waals surface area contributed by atoms with E-state index in [9.17, 15) is 4.39 Å². The van der Waals surface area contributed by atoms with Crippen molar-refractivity contribution in [3.63, 3.8) is 0 Å². The lowest BCUT2D eigenvalue weighted by Gasteiger charge is -2.18. The fraction of sp³-hybridized carbons (Fsp3) is 0.273. The van der Waals surface area contributed by atoms with Crippen LogP contribution in [0.4, 0.5) is 4.39 Å². The van der Waals surface area contributed by atoms with Gasteiger partial charge in [0.15, 0.2) is 0 Å². The average Bonchev–Trinajstić information content (AvgIpc) is 2.78. The van der Waals surface area contributed by atoms with Crippen molar-refractivity contribution in [1.82, 2.24) is 5.43 Å². The Hall–Kier alpha value is -1.10. The van der Waals surface area contributed by atoms with Crippen LogP contribution in [0.5, 0.6) is 0 Å². The molecule has 1 aromatic rings. The Morgan fingerprint density at radius 3 is 2.94 bits per heavy atom. The maximum absolute atomic E-state index is 13.6. The number of rotatable bonds is 3. The molecule has 1 heterocycles. The van der Waals surface area contributed by atoms with E-state index in [0.717, 1.165) is 6.42 Å². The van der Waals surface area contributed by atoms with Gasteiger partial charge in [-0.1, -0.05) is 11.6 Å². The topological polar surface area (TPSA) is 47.3 Å². The van der Waals surface area contributed by atoms with Crippen LogP contribution in [0.3, 0.4) is 0 Å². The minimum Gasteiger partial charge on any atom is -0.496 e. The molecule has 0 spiro atoms. The monoisotopic (exact) mass is 242 g/mol. The lowest BCUT2D eigenvalue weighted by molar-refractivity contribution is 0.214. The van der Waals surface area contributed by atoms with Gasteiger partial charge >= 0.3 is 0 Å². The van der Waals surface area contributed by atoms with E-state index in [4.69, 9.17) is 22.2 Å². The molecule has 5 heteroatoms. The van der Waals surface area contributed by atoms with Crippen LogP contribution in [-0.2, 0) is 4.74 Å². The Balaban J connectivity index is 2.35. The van der Waals surface area contributed by atoms with E-state index in [1.54, 1.807) is 6.07 Å². The van der Waals surface area contributed by atoms with Crippen molar-refractivity contribution >= 4 is 11.6 Å². The number of nitrogens with two attached hydrogens (primary N) is 1. The van der Waals surface area contributed by atoms with E-state index in [-0.39, 0.29) is 5.82 Å². The molecule has 3 N–H and O–H groups in total. The quantitative estimate of drug-likeness (QED) is 0.632. The van der Waals surface area contributed by atoms with Crippen LogP contribution in [0.25, 0.3) is 0 Å². The Bertz CT molecular complexity index is 422. The number of halogens is 2. The summed E-state index contributed by atoms with van der Waals surface area (Å²) in [4.78, 5) is 0. The van der Waals surface area contributed by atoms with Gasteiger partial charge in [-0.05, 0) is 24.3 Å². The smallest absolute Gasteiger partial charge is 0.128 e. The van der Waals surface area contributed by atoms with Gasteiger partial charge in [-0.2, -0.15) is 0 Å². The SMILES string of the molecule is NNC(C1=CCCO1)c1cc(Cl)ccc1F. The Labute approximate surface area is 98.0 Å². The second kappa shape index (κ2) is 4.82. The van der Waals surface area contributed by atoms with E-state index in [0.29, 0.717) is 23.0 Å². The molecule has 86 valence electrons. The van der Waals surface area contributed by atoms with E-state index in [2.05, 4.69) is 5.43 Å². The van der Waals surface area contributed by atoms with Gasteiger partial charge in [-0.15, -0.1) is 0 Å². The highest BCUT2D eigenvalue weighted by atomic mass is 35.5. The molecule has 1 unspecified atom stereocenters. The summed E-state index contributed by atoms with van der Waals surface area (Å²) in [5, 5.41) is 0.468. The van der Waals surface area contributed by atoms with Crippen molar-refractivity contribution in [2.24, 2.45) is 5.84 Å². The highest BCUT2D eigenvalue weighted by Gasteiger charge is 2.22. The van der Waals surface area contributed by atoms with Gasteiger partial charge in [0, 0.05) is 17.0 Å². The van der Waals surface area contributed by atoms with Crippen molar-refractivity contribution in [1.29, 1.82) is 0 Å². The molecule has 0 aliphatic carbocycles. The molecular formula is C11H12ClFN2O. The van der Waals surface area contributed by atoms with E-state index >= 15 is 0 Å². The number of hydrazine groups is 1. The third kappa shape index (κ3) is 2.19. The summed E-state index contributed by atoms with van der Waals surface area (Å²) in [5.41, 5.74) is 2.93. The van der Waals surface area contributed by atoms with Crippen molar-refractivity contribution in [3.05, 3.63) is 46.4 Å². The lowest BCUT2D eigenvalue weighted by atomic mass is 10.0. The fourth-order valence-electron chi connectivity index (χ4n) is 1.70. The maximum Gasteiger partial charge on any atom is 0.128 e. The number of benzene rings is 1. The summed E-state index contributed by atoms with van der Waals surface area (Å²) in [5.74, 6) is 5.71. The molecular weight excluding hydrogens is 231 g/mol. The average molecular weight is 243 g/mol. The largest absolute Gasteiger partial charge is 0.496 e. The van der Waals surface area contributed by atoms with Gasteiger partial charge in [0.1, 0.15) is 17.6 Å². The van der Waals surface area contributed by atoms with E-state index < -0.39 is 6.04 Å². The van der Waals surface area contributed by atoms with Gasteiger partial charge in [0.05, 0.1) is 6.61 Å². The highest BCUT2D eigenvalue weighted by molar-refractivity contribution is 6.30. The van der Waals surface area contributed by atoms with Crippen molar-refractivity contribution in [3.8, 4) is 0 Å². The van der Waals surface area contributed by atoms with Gasteiger partial charge in [0.25, 0.3) is 0 Å². The summed E-state index contributed by atoms with van der Waals surface area (Å²) in [6, 6.07) is 3.88. The molecule has 0 aromatic heterocycles. The van der Waals surface area contributed by atoms with Crippen LogP contribution < -0.4 is 11.3 Å². The molecule has 0 radical (unpaired) electrons. The minimum atomic E-state index is -0.485. The van der Waals surface area contributed by atoms with Crippen molar-refractivity contribution < 1.29 is 9.13 Å². The second-order valence-electron chi connectivity index (χ2n) is 3.51. The van der Waals surface area contributed by atoms with Crippen LogP contribution in [-0.4, -0.2) is 6.61 Å². The molecule has 2 rings (SSSR count). The zero-order valence-corrected chi connectivity index (χ0v) is 9.30. The molecule has 0 saturated heterocycles. The third-order valence-corrected chi connectivity index (χ3v) is 2.69. The summed E-state index contributed by atoms with van der Waals surface area (Å²) in [6.07, 6.45) is 2.71. The van der Waals surface area contributed by atoms with Crippen LogP contribution in [0.15, 0.2) is 30.0 Å². The molecule has 0 saturated carbocycles. The first kappa shape index (κ1) is 11.4. The van der Waals surface area contributed by atoms with Crippen LogP contribution in [0.2, 0.25) is 5.02 Å². The lowest BCUT2D eigenvalue weighted by Crippen LogP contribution is -2.30. The molecule has 1 aromatic carbocycles. The number of hydrogen-bond acceptors (Lipinski definition) is 3. The highest BCUT2D eigenvalue weighted by Crippen LogP contribution is 2.29. The molecule has 1 atom stereocenters. The first-order chi connectivity index (χ1) is 7.72. The Morgan fingerprint density at radius 1 is 1.50 bits per heavy atom. The summed E-state index contributed by atoms with van der Waals surface area (Å²) >= 11 is 5.83. The fourth-order valence-corrected chi connectivity index (χ4v) is 1.88. The Kier molecular flexibility index (Phi) is 3.43. The van der Waals surface area contributed by atoms with Crippen LogP contribution in [0.1, 0.15) is 18.0 Å². The molecule has 1 aliphatic heterocycles. The normalized spacial score (nSPS) is 16.8. The number of ether oxygens (including phenoxy) is 1. The van der Waals surface area contributed by atoms with Crippen LogP contribution >= 0.6 is 11.6 Å². The predicted molar refractivity (Wildman–Crippen MR) is 60.1 cm³/mol. The standard InChI is InChI=1S/C11H12ClFN2O/c12-7-3-4-9(13)8(6-7)11(15-14)10-2-1-5-16-10/h2-4,6,11,15H,1,5,14H2. The van der Waals surface area contributed by atoms with E-state index in [1.165, 1.54) is 12.1 Å². The molecule has 0 amide bonds. The zero-order chi connectivity index (χ0) is 11.5. The van der Waals surface area contributed by atoms with E-state index in [1.807, 2.05) is 6.08 Å². The molecule has 3 nitrogen and oxygen atoms in total. The second-order valence-corrected chi connectivity index (χ2v) is 3.95. The van der Waals surface area contributed by atoms with Crippen molar-refractivity contribution in [2.45, 2.75) is 12.5 Å². The summed E-state index contributed by atoms with van der Waals surface area (Å²) in [7, 11) is 0. The first-order valence-electron chi connectivity index (χ1n) is 4.96. The van der Waals surface area contributed by atoms with Crippen LogP contribution in [0, 0.1) is 5.82 Å². The third-order valence-electron chi connectivity index (χ3n) is 2.45. The molecule has 16 heavy (non-hydrogen) atoms. The molecule has 0 bridgehead atoms. The number of nitrogens with one attached hydrogen (secondary N) is 1. The van der Waals surface area contributed by atoms with Gasteiger partial charge in [0.2, 0.25) is 0 Å². The number of hydrogen-bond donors (Lipinski definition) is 2. The van der Waals surface area contributed by atoms with Gasteiger partial charge in [-0.3, -0.25) is 5.84 Å². The first-order valence-corrected chi connectivity index (χ1v) is 5.34. The summed E-state index contributed by atoms with van der Waals surface area (Å²) < 4.78 is 19.0. The molecule has 1 aliphatic rings. The maximum atomic E-state index is 13.6. The molecule has 0 fully saturated rings. The van der Waals surface area contributed by atoms with Gasteiger partial charge in [-0.25, -0.2) is 9.82 Å². The summed E-state index contributed by atoms with van der Waals surface area (Å²) in [6.45, 7) is 0.607. The van der Waals surface area contributed by atoms with Crippen molar-refractivity contribution in [2.75, 3.05) is 6.61 Å². The zero-order valence-electron chi connectivity index (χ0n) is 8.54. The Morgan fingerprint density at radius 2 is 2.31 bits per heavy atom.